The summed E-state index contributed by atoms with van der Waals surface area (Å²) in [6, 6.07) is 8.86. The summed E-state index contributed by atoms with van der Waals surface area (Å²) in [5.74, 6) is 0.549. The molecule has 3 heteroatoms. The van der Waals surface area contributed by atoms with Gasteiger partial charge in [0.1, 0.15) is 0 Å². The zero-order valence-electron chi connectivity index (χ0n) is 12.4. The SMILES string of the molecule is COCCCC(CNCCOC)c1ccc(C)cc1. The average Bonchev–Trinajstić information content (AvgIpc) is 2.43. The van der Waals surface area contributed by atoms with Crippen molar-refractivity contribution in [3.8, 4) is 0 Å². The summed E-state index contributed by atoms with van der Waals surface area (Å²) >= 11 is 0. The van der Waals surface area contributed by atoms with Gasteiger partial charge in [0.05, 0.1) is 6.61 Å². The fraction of sp³-hybridized carbons (Fsp3) is 0.625. The molecule has 1 atom stereocenters. The fourth-order valence-corrected chi connectivity index (χ4v) is 2.15. The second-order valence-electron chi connectivity index (χ2n) is 4.94. The van der Waals surface area contributed by atoms with Crippen LogP contribution in [0.3, 0.4) is 0 Å². The third kappa shape index (κ3) is 6.71. The monoisotopic (exact) mass is 265 g/mol. The summed E-state index contributed by atoms with van der Waals surface area (Å²) < 4.78 is 10.2. The second-order valence-corrected chi connectivity index (χ2v) is 4.94. The average molecular weight is 265 g/mol. The Morgan fingerprint density at radius 1 is 1.05 bits per heavy atom. The molecule has 1 N–H and O–H groups in total. The van der Waals surface area contributed by atoms with Gasteiger partial charge in [-0.05, 0) is 31.2 Å². The first-order chi connectivity index (χ1) is 9.27. The quantitative estimate of drug-likeness (QED) is 0.660. The van der Waals surface area contributed by atoms with Crippen LogP contribution in [0.4, 0.5) is 0 Å². The first-order valence-electron chi connectivity index (χ1n) is 7.03. The Morgan fingerprint density at radius 3 is 2.37 bits per heavy atom. The molecule has 0 aliphatic rings. The number of aryl methyl sites for hydroxylation is 1. The van der Waals surface area contributed by atoms with Crippen LogP contribution in [0.15, 0.2) is 24.3 Å². The standard InChI is InChI=1S/C16H27NO2/c1-14-6-8-15(9-7-14)16(5-4-11-18-2)13-17-10-12-19-3/h6-9,16-17H,4-5,10-13H2,1-3H3. The Balaban J connectivity index is 2.49. The maximum Gasteiger partial charge on any atom is 0.0587 e. The smallest absolute Gasteiger partial charge is 0.0587 e. The van der Waals surface area contributed by atoms with Crippen LogP contribution in [-0.2, 0) is 9.47 Å². The molecule has 0 bridgehead atoms. The zero-order valence-corrected chi connectivity index (χ0v) is 12.4. The molecular weight excluding hydrogens is 238 g/mol. The van der Waals surface area contributed by atoms with Crippen molar-refractivity contribution in [1.29, 1.82) is 0 Å². The van der Waals surface area contributed by atoms with E-state index in [0.717, 1.165) is 39.1 Å². The van der Waals surface area contributed by atoms with Crippen molar-refractivity contribution in [2.75, 3.05) is 40.5 Å². The minimum Gasteiger partial charge on any atom is -0.385 e. The molecule has 1 aromatic carbocycles. The molecule has 3 nitrogen and oxygen atoms in total. The van der Waals surface area contributed by atoms with Gasteiger partial charge < -0.3 is 14.8 Å². The van der Waals surface area contributed by atoms with Crippen LogP contribution in [0.1, 0.15) is 29.9 Å². The molecule has 0 aliphatic heterocycles. The topological polar surface area (TPSA) is 30.5 Å². The maximum atomic E-state index is 5.15. The molecule has 0 amide bonds. The van der Waals surface area contributed by atoms with Crippen molar-refractivity contribution in [1.82, 2.24) is 5.32 Å². The molecular formula is C16H27NO2. The maximum absolute atomic E-state index is 5.15. The lowest BCUT2D eigenvalue weighted by Crippen LogP contribution is -2.25. The molecule has 1 rings (SSSR count). The summed E-state index contributed by atoms with van der Waals surface area (Å²) in [6.45, 7) is 5.62. The van der Waals surface area contributed by atoms with Crippen molar-refractivity contribution < 1.29 is 9.47 Å². The van der Waals surface area contributed by atoms with E-state index in [1.54, 1.807) is 14.2 Å². The van der Waals surface area contributed by atoms with Gasteiger partial charge in [-0.15, -0.1) is 0 Å². The first kappa shape index (κ1) is 16.2. The van der Waals surface area contributed by atoms with Gasteiger partial charge in [0, 0.05) is 33.9 Å². The number of nitrogens with one attached hydrogen (secondary N) is 1. The number of hydrogen-bond donors (Lipinski definition) is 1. The molecule has 0 heterocycles. The number of benzene rings is 1. The molecule has 0 aromatic heterocycles. The van der Waals surface area contributed by atoms with Crippen LogP contribution in [0.2, 0.25) is 0 Å². The molecule has 0 saturated carbocycles. The van der Waals surface area contributed by atoms with E-state index in [9.17, 15) is 0 Å². The number of hydrogen-bond acceptors (Lipinski definition) is 3. The summed E-state index contributed by atoms with van der Waals surface area (Å²) in [4.78, 5) is 0. The lowest BCUT2D eigenvalue weighted by Gasteiger charge is -2.18. The van der Waals surface area contributed by atoms with Gasteiger partial charge in [0.25, 0.3) is 0 Å². The van der Waals surface area contributed by atoms with E-state index in [1.165, 1.54) is 11.1 Å². The number of rotatable bonds is 10. The van der Waals surface area contributed by atoms with E-state index < -0.39 is 0 Å². The zero-order chi connectivity index (χ0) is 13.9. The number of methoxy groups -OCH3 is 2. The van der Waals surface area contributed by atoms with E-state index in [-0.39, 0.29) is 0 Å². The summed E-state index contributed by atoms with van der Waals surface area (Å²) in [5.41, 5.74) is 2.72. The van der Waals surface area contributed by atoms with Crippen LogP contribution in [0, 0.1) is 6.92 Å². The van der Waals surface area contributed by atoms with Gasteiger partial charge in [0.15, 0.2) is 0 Å². The Labute approximate surface area is 117 Å². The molecule has 0 spiro atoms. The minimum absolute atomic E-state index is 0.549. The van der Waals surface area contributed by atoms with Crippen molar-refractivity contribution in [3.05, 3.63) is 35.4 Å². The lowest BCUT2D eigenvalue weighted by molar-refractivity contribution is 0.188. The highest BCUT2D eigenvalue weighted by Crippen LogP contribution is 2.21. The Morgan fingerprint density at radius 2 is 1.74 bits per heavy atom. The molecule has 0 radical (unpaired) electrons. The Bertz CT molecular complexity index is 324. The molecule has 0 aliphatic carbocycles. The molecule has 1 aromatic rings. The lowest BCUT2D eigenvalue weighted by atomic mass is 9.93. The Kier molecular flexibility index (Phi) is 8.47. The van der Waals surface area contributed by atoms with E-state index in [2.05, 4.69) is 36.5 Å². The molecule has 1 unspecified atom stereocenters. The van der Waals surface area contributed by atoms with E-state index in [4.69, 9.17) is 9.47 Å². The van der Waals surface area contributed by atoms with Crippen molar-refractivity contribution in [2.24, 2.45) is 0 Å². The van der Waals surface area contributed by atoms with E-state index in [0.29, 0.717) is 5.92 Å². The summed E-state index contributed by atoms with van der Waals surface area (Å²) in [6.07, 6.45) is 2.25. The molecule has 0 saturated heterocycles. The second kappa shape index (κ2) is 9.96. The molecule has 0 fully saturated rings. The van der Waals surface area contributed by atoms with Gasteiger partial charge in [-0.25, -0.2) is 0 Å². The van der Waals surface area contributed by atoms with Crippen molar-refractivity contribution >= 4 is 0 Å². The highest BCUT2D eigenvalue weighted by Gasteiger charge is 2.10. The molecule has 108 valence electrons. The third-order valence-corrected chi connectivity index (χ3v) is 3.32. The molecule has 19 heavy (non-hydrogen) atoms. The summed E-state index contributed by atoms with van der Waals surface area (Å²) in [7, 11) is 3.50. The van der Waals surface area contributed by atoms with E-state index >= 15 is 0 Å². The number of ether oxygens (including phenoxy) is 2. The first-order valence-corrected chi connectivity index (χ1v) is 7.03. The van der Waals surface area contributed by atoms with Crippen molar-refractivity contribution in [2.45, 2.75) is 25.7 Å². The van der Waals surface area contributed by atoms with Crippen molar-refractivity contribution in [3.63, 3.8) is 0 Å². The van der Waals surface area contributed by atoms with E-state index in [1.807, 2.05) is 0 Å². The predicted molar refractivity (Wildman–Crippen MR) is 79.8 cm³/mol. The van der Waals surface area contributed by atoms with Crippen LogP contribution in [-0.4, -0.2) is 40.5 Å². The highest BCUT2D eigenvalue weighted by molar-refractivity contribution is 5.24. The van der Waals surface area contributed by atoms with Gasteiger partial charge >= 0.3 is 0 Å². The third-order valence-electron chi connectivity index (χ3n) is 3.32. The van der Waals surface area contributed by atoms with Crippen LogP contribution in [0.25, 0.3) is 0 Å². The largest absolute Gasteiger partial charge is 0.385 e. The van der Waals surface area contributed by atoms with Gasteiger partial charge in [-0.1, -0.05) is 29.8 Å². The van der Waals surface area contributed by atoms with Gasteiger partial charge in [-0.2, -0.15) is 0 Å². The van der Waals surface area contributed by atoms with Gasteiger partial charge in [-0.3, -0.25) is 0 Å². The predicted octanol–water partition coefficient (Wildman–Crippen LogP) is 2.74. The van der Waals surface area contributed by atoms with Crippen LogP contribution >= 0.6 is 0 Å². The van der Waals surface area contributed by atoms with Gasteiger partial charge in [0.2, 0.25) is 0 Å². The normalized spacial score (nSPS) is 12.6. The Hall–Kier alpha value is -0.900. The van der Waals surface area contributed by atoms with Crippen LogP contribution in [0.5, 0.6) is 0 Å². The minimum atomic E-state index is 0.549. The fourth-order valence-electron chi connectivity index (χ4n) is 2.15. The summed E-state index contributed by atoms with van der Waals surface area (Å²) in [5, 5.41) is 3.46. The van der Waals surface area contributed by atoms with Crippen LogP contribution < -0.4 is 5.32 Å². The highest BCUT2D eigenvalue weighted by atomic mass is 16.5.